The molecular weight excluding hydrogens is 541 g/mol. The maximum absolute atomic E-state index is 13.9. The third-order valence-electron chi connectivity index (χ3n) is 5.12. The molecule has 0 fully saturated rings. The van der Waals surface area contributed by atoms with Crippen molar-refractivity contribution < 1.29 is 27.1 Å². The minimum absolute atomic E-state index is 0.000725. The van der Waals surface area contributed by atoms with E-state index in [-0.39, 0.29) is 38.2 Å². The van der Waals surface area contributed by atoms with E-state index >= 15 is 0 Å². The van der Waals surface area contributed by atoms with E-state index in [9.17, 15) is 27.2 Å². The molecule has 190 valence electrons. The monoisotopic (exact) mass is 553 g/mol. The smallest absolute Gasteiger partial charge is 0.434 e. The first kappa shape index (κ1) is 26.0. The van der Waals surface area contributed by atoms with Crippen molar-refractivity contribution in [1.82, 2.24) is 20.4 Å². The molecule has 3 aromatic rings. The quantitative estimate of drug-likeness (QED) is 0.450. The van der Waals surface area contributed by atoms with Gasteiger partial charge in [0, 0.05) is 16.1 Å². The lowest BCUT2D eigenvalue weighted by molar-refractivity contribution is -0.137. The second kappa shape index (κ2) is 10.1. The largest absolute Gasteiger partial charge is 0.449 e. The van der Waals surface area contributed by atoms with Crippen LogP contribution in [0.4, 0.5) is 17.6 Å². The number of aromatic nitrogens is 2. The molecule has 1 aliphatic heterocycles. The highest BCUT2D eigenvalue weighted by atomic mass is 35.5. The standard InChI is InChI=1S/C23H13Cl2F4N5O3/c24-14-3-11(8-30)4-15(7-14)37-19-20(23(27,28)29)31-10-34(22(19)36)9-13-6-18(32-33-21(13)35)12-1-2-16(25)17(26)5-12/h1-7,31H,9-10H2,(H,33,35). The van der Waals surface area contributed by atoms with E-state index in [1.807, 2.05) is 0 Å². The number of allylic oxidation sites excluding steroid dienone is 1. The van der Waals surface area contributed by atoms with E-state index in [1.54, 1.807) is 6.07 Å². The second-order valence-corrected chi connectivity index (χ2v) is 8.51. The van der Waals surface area contributed by atoms with Crippen molar-refractivity contribution in [3.05, 3.63) is 91.3 Å². The number of ether oxygens (including phenoxy) is 1. The number of nitriles is 1. The summed E-state index contributed by atoms with van der Waals surface area (Å²) in [7, 11) is 0. The Balaban J connectivity index is 1.67. The lowest BCUT2D eigenvalue weighted by Crippen LogP contribution is -2.49. The first-order valence-electron chi connectivity index (χ1n) is 10.2. The van der Waals surface area contributed by atoms with Crippen LogP contribution in [0, 0.1) is 17.1 Å². The maximum Gasteiger partial charge on any atom is 0.434 e. The lowest BCUT2D eigenvalue weighted by Gasteiger charge is -2.31. The number of hydrogen-bond donors (Lipinski definition) is 2. The molecule has 0 bridgehead atoms. The third kappa shape index (κ3) is 5.68. The molecular formula is C23H13Cl2F4N5O3. The summed E-state index contributed by atoms with van der Waals surface area (Å²) in [6.45, 7) is -1.05. The van der Waals surface area contributed by atoms with Crippen LogP contribution >= 0.6 is 23.2 Å². The number of alkyl halides is 3. The Bertz CT molecular complexity index is 1530. The number of H-pyrrole nitrogens is 1. The highest BCUT2D eigenvalue weighted by Gasteiger charge is 2.44. The molecule has 0 saturated heterocycles. The van der Waals surface area contributed by atoms with Gasteiger partial charge >= 0.3 is 6.18 Å². The minimum atomic E-state index is -4.98. The molecule has 4 rings (SSSR count). The van der Waals surface area contributed by atoms with Gasteiger partial charge in [-0.2, -0.15) is 23.5 Å². The van der Waals surface area contributed by atoms with Crippen molar-refractivity contribution in [2.24, 2.45) is 0 Å². The summed E-state index contributed by atoms with van der Waals surface area (Å²) in [4.78, 5) is 26.4. The van der Waals surface area contributed by atoms with Crippen LogP contribution in [0.25, 0.3) is 11.3 Å². The molecule has 0 spiro atoms. The van der Waals surface area contributed by atoms with Crippen LogP contribution in [-0.4, -0.2) is 33.8 Å². The summed E-state index contributed by atoms with van der Waals surface area (Å²) in [5.74, 6) is -3.28. The molecule has 2 aromatic carbocycles. The van der Waals surface area contributed by atoms with Gasteiger partial charge in [0.2, 0.25) is 5.76 Å². The average Bonchev–Trinajstić information content (AvgIpc) is 2.83. The van der Waals surface area contributed by atoms with Gasteiger partial charge in [0.15, 0.2) is 5.70 Å². The molecule has 0 aliphatic carbocycles. The Morgan fingerprint density at radius 3 is 2.57 bits per heavy atom. The van der Waals surface area contributed by atoms with Crippen LogP contribution in [0.5, 0.6) is 5.75 Å². The summed E-state index contributed by atoms with van der Waals surface area (Å²) in [5.41, 5.74) is -1.80. The first-order chi connectivity index (χ1) is 17.5. The van der Waals surface area contributed by atoms with Crippen molar-refractivity contribution >= 4 is 29.1 Å². The Labute approximate surface area is 215 Å². The van der Waals surface area contributed by atoms with E-state index in [0.717, 1.165) is 23.1 Å². The maximum atomic E-state index is 13.9. The van der Waals surface area contributed by atoms with E-state index in [1.165, 1.54) is 24.3 Å². The summed E-state index contributed by atoms with van der Waals surface area (Å²) in [6, 6.07) is 10.4. The Morgan fingerprint density at radius 2 is 1.89 bits per heavy atom. The molecule has 0 radical (unpaired) electrons. The number of amides is 1. The predicted octanol–water partition coefficient (Wildman–Crippen LogP) is 4.50. The number of carbonyl (C=O) groups excluding carboxylic acids is 1. The fraction of sp³-hybridized carbons (Fsp3) is 0.130. The second-order valence-electron chi connectivity index (χ2n) is 7.67. The summed E-state index contributed by atoms with van der Waals surface area (Å²) in [5, 5.41) is 17.1. The fourth-order valence-corrected chi connectivity index (χ4v) is 3.75. The van der Waals surface area contributed by atoms with Crippen LogP contribution in [0.3, 0.4) is 0 Å². The molecule has 8 nitrogen and oxygen atoms in total. The van der Waals surface area contributed by atoms with E-state index < -0.39 is 48.1 Å². The van der Waals surface area contributed by atoms with Crippen LogP contribution in [-0.2, 0) is 11.3 Å². The van der Waals surface area contributed by atoms with Gasteiger partial charge in [0.1, 0.15) is 11.6 Å². The number of hydrogen-bond acceptors (Lipinski definition) is 6. The van der Waals surface area contributed by atoms with Gasteiger partial charge in [0.25, 0.3) is 11.5 Å². The zero-order chi connectivity index (χ0) is 26.9. The van der Waals surface area contributed by atoms with Crippen LogP contribution in [0.1, 0.15) is 11.1 Å². The number of aromatic amines is 1. The molecule has 2 heterocycles. The predicted molar refractivity (Wildman–Crippen MR) is 124 cm³/mol. The molecule has 0 atom stereocenters. The van der Waals surface area contributed by atoms with Crippen molar-refractivity contribution in [1.29, 1.82) is 5.26 Å². The van der Waals surface area contributed by atoms with Crippen molar-refractivity contribution in [3.63, 3.8) is 0 Å². The van der Waals surface area contributed by atoms with Crippen LogP contribution in [0.2, 0.25) is 10.0 Å². The van der Waals surface area contributed by atoms with Gasteiger partial charge in [0.05, 0.1) is 35.6 Å². The van der Waals surface area contributed by atoms with E-state index in [0.29, 0.717) is 0 Å². The Morgan fingerprint density at radius 1 is 1.14 bits per heavy atom. The van der Waals surface area contributed by atoms with Crippen molar-refractivity contribution in [2.75, 3.05) is 6.67 Å². The minimum Gasteiger partial charge on any atom is -0.449 e. The van der Waals surface area contributed by atoms with E-state index in [4.69, 9.17) is 33.2 Å². The normalized spacial score (nSPS) is 13.9. The first-order valence-corrected chi connectivity index (χ1v) is 11.0. The Hall–Kier alpha value is -4.08. The van der Waals surface area contributed by atoms with Crippen LogP contribution < -0.4 is 15.6 Å². The van der Waals surface area contributed by atoms with Gasteiger partial charge < -0.3 is 15.0 Å². The average molecular weight is 554 g/mol. The van der Waals surface area contributed by atoms with Gasteiger partial charge in [-0.15, -0.1) is 0 Å². The molecule has 37 heavy (non-hydrogen) atoms. The SMILES string of the molecule is N#Cc1cc(Cl)cc(OC2=C(C(F)(F)F)NCN(Cc3cc(-c4ccc(Cl)c(F)c4)n[nH]c3=O)C2=O)c1. The number of halogens is 6. The molecule has 1 aromatic heterocycles. The number of benzene rings is 2. The lowest BCUT2D eigenvalue weighted by atomic mass is 10.1. The molecule has 2 N–H and O–H groups in total. The number of nitrogens with zero attached hydrogens (tertiary/aromatic N) is 3. The highest BCUT2D eigenvalue weighted by molar-refractivity contribution is 6.31. The zero-order valence-corrected chi connectivity index (χ0v) is 19.8. The van der Waals surface area contributed by atoms with Crippen molar-refractivity contribution in [2.45, 2.75) is 12.7 Å². The summed E-state index contributed by atoms with van der Waals surface area (Å²) < 4.78 is 60.1. The van der Waals surface area contributed by atoms with Gasteiger partial charge in [-0.05, 0) is 36.4 Å². The highest BCUT2D eigenvalue weighted by Crippen LogP contribution is 2.32. The van der Waals surface area contributed by atoms with E-state index in [2.05, 4.69) is 15.5 Å². The van der Waals surface area contributed by atoms with Gasteiger partial charge in [-0.3, -0.25) is 9.59 Å². The molecule has 0 unspecified atom stereocenters. The summed E-state index contributed by atoms with van der Waals surface area (Å²) in [6.07, 6.45) is -4.98. The Kier molecular flexibility index (Phi) is 7.11. The zero-order valence-electron chi connectivity index (χ0n) is 18.3. The molecule has 1 aliphatic rings. The summed E-state index contributed by atoms with van der Waals surface area (Å²) >= 11 is 11.6. The molecule has 14 heteroatoms. The van der Waals surface area contributed by atoms with Crippen LogP contribution in [0.15, 0.2) is 58.7 Å². The van der Waals surface area contributed by atoms with Crippen molar-refractivity contribution in [3.8, 4) is 23.1 Å². The number of carbonyl (C=O) groups is 1. The topological polar surface area (TPSA) is 111 Å². The number of nitrogens with one attached hydrogen (secondary N) is 2. The van der Waals surface area contributed by atoms with Gasteiger partial charge in [-0.25, -0.2) is 9.49 Å². The number of rotatable bonds is 5. The molecule has 0 saturated carbocycles. The fourth-order valence-electron chi connectivity index (χ4n) is 3.40. The van der Waals surface area contributed by atoms with Gasteiger partial charge in [-0.1, -0.05) is 29.3 Å². The third-order valence-corrected chi connectivity index (χ3v) is 5.64. The molecule has 1 amide bonds.